The molecule has 0 aromatic heterocycles. The molecule has 13 heavy (non-hydrogen) atoms. The predicted octanol–water partition coefficient (Wildman–Crippen LogP) is 1.30. The van der Waals surface area contributed by atoms with Gasteiger partial charge in [0.05, 0.1) is 0 Å². The molecule has 0 unspecified atom stereocenters. The number of hydrogen-bond acceptors (Lipinski definition) is 4. The highest BCUT2D eigenvalue weighted by molar-refractivity contribution is 7.88. The first kappa shape index (κ1) is 10.1. The third-order valence-electron chi connectivity index (χ3n) is 1.19. The van der Waals surface area contributed by atoms with E-state index in [0.29, 0.717) is 0 Å². The second kappa shape index (κ2) is 3.85. The molecule has 6 heteroatoms. The molecule has 0 heterocycles. The van der Waals surface area contributed by atoms with Gasteiger partial charge in [-0.1, -0.05) is 0 Å². The van der Waals surface area contributed by atoms with Crippen LogP contribution in [-0.4, -0.2) is 18.7 Å². The Bertz CT molecular complexity index is 370. The Labute approximate surface area is 80.8 Å². The van der Waals surface area contributed by atoms with Gasteiger partial charge in [0, 0.05) is 0 Å². The topological polar surface area (TPSA) is 63.6 Å². The summed E-state index contributed by atoms with van der Waals surface area (Å²) in [4.78, 5) is 0. The first-order valence-electron chi connectivity index (χ1n) is 3.31. The third kappa shape index (κ3) is 3.12. The molecular weight excluding hydrogens is 216 g/mol. The van der Waals surface area contributed by atoms with Crippen molar-refractivity contribution in [2.24, 2.45) is 0 Å². The van der Waals surface area contributed by atoms with Crippen molar-refractivity contribution in [3.05, 3.63) is 24.3 Å². The molecule has 0 aliphatic rings. The SMILES string of the molecule is O=S(=O)(CCl)Oc1ccc(O)cc1. The summed E-state index contributed by atoms with van der Waals surface area (Å²) in [5.41, 5.74) is 0. The average Bonchev–Trinajstić information content (AvgIpc) is 2.09. The maximum atomic E-state index is 10.8. The molecule has 0 aliphatic carbocycles. The van der Waals surface area contributed by atoms with Gasteiger partial charge in [-0.2, -0.15) is 8.42 Å². The Morgan fingerprint density at radius 1 is 1.31 bits per heavy atom. The van der Waals surface area contributed by atoms with Gasteiger partial charge in [-0.3, -0.25) is 0 Å². The summed E-state index contributed by atoms with van der Waals surface area (Å²) in [5.74, 6) is 0.161. The first-order chi connectivity index (χ1) is 6.03. The zero-order valence-electron chi connectivity index (χ0n) is 6.47. The predicted molar refractivity (Wildman–Crippen MR) is 48.4 cm³/mol. The minimum absolute atomic E-state index is 0.0376. The molecule has 0 amide bonds. The van der Waals surface area contributed by atoms with E-state index >= 15 is 0 Å². The highest BCUT2D eigenvalue weighted by Crippen LogP contribution is 2.17. The summed E-state index contributed by atoms with van der Waals surface area (Å²) in [6.45, 7) is 0. The van der Waals surface area contributed by atoms with Gasteiger partial charge in [0.2, 0.25) is 0 Å². The Kier molecular flexibility index (Phi) is 3.00. The van der Waals surface area contributed by atoms with Gasteiger partial charge in [-0.05, 0) is 24.3 Å². The first-order valence-corrected chi connectivity index (χ1v) is 5.42. The van der Waals surface area contributed by atoms with Crippen LogP contribution < -0.4 is 4.18 Å². The number of benzene rings is 1. The van der Waals surface area contributed by atoms with Crippen molar-refractivity contribution >= 4 is 21.7 Å². The molecule has 0 fully saturated rings. The van der Waals surface area contributed by atoms with Crippen LogP contribution in [0, 0.1) is 0 Å². The van der Waals surface area contributed by atoms with Crippen molar-refractivity contribution in [3.63, 3.8) is 0 Å². The van der Waals surface area contributed by atoms with Crippen molar-refractivity contribution < 1.29 is 17.7 Å². The summed E-state index contributed by atoms with van der Waals surface area (Å²) in [6, 6.07) is 5.30. The van der Waals surface area contributed by atoms with Crippen molar-refractivity contribution in [1.82, 2.24) is 0 Å². The van der Waals surface area contributed by atoms with E-state index in [4.69, 9.17) is 16.7 Å². The molecule has 1 rings (SSSR count). The quantitative estimate of drug-likeness (QED) is 0.619. The van der Waals surface area contributed by atoms with Crippen LogP contribution in [0.15, 0.2) is 24.3 Å². The number of aromatic hydroxyl groups is 1. The largest absolute Gasteiger partial charge is 0.508 e. The summed E-state index contributed by atoms with van der Waals surface area (Å²) < 4.78 is 26.2. The Morgan fingerprint density at radius 2 is 1.85 bits per heavy atom. The second-order valence-corrected chi connectivity index (χ2v) is 4.40. The molecule has 4 nitrogen and oxygen atoms in total. The van der Waals surface area contributed by atoms with Crippen LogP contribution >= 0.6 is 11.6 Å². The van der Waals surface area contributed by atoms with Crippen LogP contribution in [0.4, 0.5) is 0 Å². The van der Waals surface area contributed by atoms with Crippen LogP contribution in [-0.2, 0) is 10.1 Å². The van der Waals surface area contributed by atoms with E-state index in [0.717, 1.165) is 0 Å². The number of rotatable bonds is 3. The molecule has 0 bridgehead atoms. The van der Waals surface area contributed by atoms with Crippen LogP contribution in [0.25, 0.3) is 0 Å². The smallest absolute Gasteiger partial charge is 0.323 e. The van der Waals surface area contributed by atoms with E-state index in [1.165, 1.54) is 24.3 Å². The lowest BCUT2D eigenvalue weighted by Crippen LogP contribution is -2.09. The van der Waals surface area contributed by atoms with E-state index in [-0.39, 0.29) is 11.5 Å². The van der Waals surface area contributed by atoms with Crippen LogP contribution in [0.1, 0.15) is 0 Å². The number of alkyl halides is 1. The average molecular weight is 223 g/mol. The maximum absolute atomic E-state index is 10.8. The van der Waals surface area contributed by atoms with Crippen LogP contribution in [0.5, 0.6) is 11.5 Å². The number of phenolic OH excluding ortho intramolecular Hbond substituents is 1. The second-order valence-electron chi connectivity index (χ2n) is 2.24. The fraction of sp³-hybridized carbons (Fsp3) is 0.143. The van der Waals surface area contributed by atoms with Crippen LogP contribution in [0.2, 0.25) is 0 Å². The lowest BCUT2D eigenvalue weighted by Gasteiger charge is -2.03. The fourth-order valence-electron chi connectivity index (χ4n) is 0.671. The molecule has 0 aliphatic heterocycles. The highest BCUT2D eigenvalue weighted by atomic mass is 35.5. The third-order valence-corrected chi connectivity index (χ3v) is 2.71. The molecule has 1 aromatic rings. The Hall–Kier alpha value is -0.940. The summed E-state index contributed by atoms with van der Waals surface area (Å²) in [5, 5.41) is 8.28. The minimum atomic E-state index is -3.70. The van der Waals surface area contributed by atoms with Crippen molar-refractivity contribution in [2.75, 3.05) is 5.21 Å². The van der Waals surface area contributed by atoms with Gasteiger partial charge in [-0.25, -0.2) is 0 Å². The van der Waals surface area contributed by atoms with Gasteiger partial charge in [0.15, 0.2) is 5.21 Å². The van der Waals surface area contributed by atoms with Crippen molar-refractivity contribution in [3.8, 4) is 11.5 Å². The zero-order chi connectivity index (χ0) is 9.90. The normalized spacial score (nSPS) is 11.2. The summed E-state index contributed by atoms with van der Waals surface area (Å²) in [6.07, 6.45) is 0. The molecule has 0 atom stereocenters. The Balaban J connectivity index is 2.82. The zero-order valence-corrected chi connectivity index (χ0v) is 8.05. The van der Waals surface area contributed by atoms with Crippen molar-refractivity contribution in [1.29, 1.82) is 0 Å². The molecule has 0 radical (unpaired) electrons. The van der Waals surface area contributed by atoms with E-state index in [1.54, 1.807) is 0 Å². The van der Waals surface area contributed by atoms with E-state index in [9.17, 15) is 8.42 Å². The van der Waals surface area contributed by atoms with Gasteiger partial charge in [-0.15, -0.1) is 11.6 Å². The molecule has 0 saturated heterocycles. The molecule has 0 spiro atoms. The summed E-state index contributed by atoms with van der Waals surface area (Å²) >= 11 is 5.11. The van der Waals surface area contributed by atoms with Gasteiger partial charge < -0.3 is 9.29 Å². The van der Waals surface area contributed by atoms with E-state index in [2.05, 4.69) is 4.18 Å². The Morgan fingerprint density at radius 3 is 2.31 bits per heavy atom. The van der Waals surface area contributed by atoms with Crippen LogP contribution in [0.3, 0.4) is 0 Å². The molecule has 1 N–H and O–H groups in total. The molecule has 0 saturated carbocycles. The van der Waals surface area contributed by atoms with E-state index < -0.39 is 15.3 Å². The van der Waals surface area contributed by atoms with Crippen molar-refractivity contribution in [2.45, 2.75) is 0 Å². The molecular formula is C7H7ClO4S. The lowest BCUT2D eigenvalue weighted by molar-refractivity contribution is 0.470. The van der Waals surface area contributed by atoms with E-state index in [1.807, 2.05) is 0 Å². The minimum Gasteiger partial charge on any atom is -0.508 e. The molecule has 1 aromatic carbocycles. The summed E-state index contributed by atoms with van der Waals surface area (Å²) in [7, 11) is -3.70. The standard InChI is InChI=1S/C7H7ClO4S/c8-5-13(10,11)12-7-3-1-6(9)2-4-7/h1-4,9H,5H2. The number of halogens is 1. The maximum Gasteiger partial charge on any atom is 0.323 e. The van der Waals surface area contributed by atoms with Gasteiger partial charge in [0.25, 0.3) is 0 Å². The fourth-order valence-corrected chi connectivity index (χ4v) is 1.25. The molecule has 72 valence electrons. The van der Waals surface area contributed by atoms with Gasteiger partial charge >= 0.3 is 10.1 Å². The lowest BCUT2D eigenvalue weighted by atomic mass is 10.3. The monoisotopic (exact) mass is 222 g/mol. The number of phenols is 1. The van der Waals surface area contributed by atoms with Gasteiger partial charge in [0.1, 0.15) is 11.5 Å². The highest BCUT2D eigenvalue weighted by Gasteiger charge is 2.09. The number of hydrogen-bond donors (Lipinski definition) is 1.